The van der Waals surface area contributed by atoms with Crippen molar-refractivity contribution in [2.45, 2.75) is 24.2 Å². The summed E-state index contributed by atoms with van der Waals surface area (Å²) in [6.07, 6.45) is 2.27. The molecule has 0 N–H and O–H groups in total. The summed E-state index contributed by atoms with van der Waals surface area (Å²) >= 11 is 1.80. The van der Waals surface area contributed by atoms with Gasteiger partial charge in [-0.2, -0.15) is 4.31 Å². The third kappa shape index (κ3) is 4.94. The summed E-state index contributed by atoms with van der Waals surface area (Å²) in [6, 6.07) is 12.8. The van der Waals surface area contributed by atoms with E-state index in [4.69, 9.17) is 0 Å². The fourth-order valence-corrected chi connectivity index (χ4v) is 6.45. The zero-order valence-electron chi connectivity index (χ0n) is 17.2. The van der Waals surface area contributed by atoms with Crippen molar-refractivity contribution in [3.8, 4) is 0 Å². The lowest BCUT2D eigenvalue weighted by atomic mass is 9.96. The van der Waals surface area contributed by atoms with Crippen molar-refractivity contribution < 1.29 is 13.2 Å². The Bertz CT molecular complexity index is 916. The Hall–Kier alpha value is -1.74. The molecule has 4 rings (SSSR count). The van der Waals surface area contributed by atoms with E-state index in [-0.39, 0.29) is 11.8 Å². The molecule has 0 unspecified atom stereocenters. The standard InChI is InChI=1S/C22H29N3O3S2/c26-22(24-16-14-23(15-17-24)11-10-20-5-4-18-29-20)19-8-12-25(13-9-19)30(27,28)21-6-2-1-3-7-21/h1-7,18-19H,8-17H2. The lowest BCUT2D eigenvalue weighted by Gasteiger charge is -2.38. The summed E-state index contributed by atoms with van der Waals surface area (Å²) in [5, 5.41) is 2.11. The summed E-state index contributed by atoms with van der Waals surface area (Å²) in [5.74, 6) is 0.134. The van der Waals surface area contributed by atoms with Crippen LogP contribution in [0.4, 0.5) is 0 Å². The van der Waals surface area contributed by atoms with E-state index < -0.39 is 10.0 Å². The van der Waals surface area contributed by atoms with Crippen LogP contribution in [0.3, 0.4) is 0 Å². The Kier molecular flexibility index (Phi) is 6.87. The first-order valence-corrected chi connectivity index (χ1v) is 12.9. The normalized spacial score (nSPS) is 19.8. The molecule has 2 aromatic rings. The second kappa shape index (κ2) is 9.60. The largest absolute Gasteiger partial charge is 0.340 e. The minimum atomic E-state index is -3.47. The van der Waals surface area contributed by atoms with Gasteiger partial charge in [0, 0.05) is 56.6 Å². The first kappa shape index (κ1) is 21.5. The summed E-state index contributed by atoms with van der Waals surface area (Å²) in [6.45, 7) is 5.23. The van der Waals surface area contributed by atoms with Gasteiger partial charge in [0.2, 0.25) is 15.9 Å². The zero-order valence-corrected chi connectivity index (χ0v) is 18.8. The van der Waals surface area contributed by atoms with Gasteiger partial charge in [0.1, 0.15) is 0 Å². The van der Waals surface area contributed by atoms with Gasteiger partial charge < -0.3 is 4.90 Å². The van der Waals surface area contributed by atoms with Crippen LogP contribution in [0.25, 0.3) is 0 Å². The number of benzene rings is 1. The zero-order chi connectivity index (χ0) is 21.0. The fourth-order valence-electron chi connectivity index (χ4n) is 4.26. The van der Waals surface area contributed by atoms with Crippen molar-refractivity contribution >= 4 is 27.3 Å². The van der Waals surface area contributed by atoms with E-state index in [1.165, 1.54) is 9.18 Å². The van der Waals surface area contributed by atoms with Gasteiger partial charge in [0.25, 0.3) is 0 Å². The SMILES string of the molecule is O=C(C1CCN(S(=O)(=O)c2ccccc2)CC1)N1CCN(CCc2cccs2)CC1. The van der Waals surface area contributed by atoms with Crippen LogP contribution in [0.5, 0.6) is 0 Å². The van der Waals surface area contributed by atoms with E-state index >= 15 is 0 Å². The second-order valence-electron chi connectivity index (χ2n) is 7.99. The fraction of sp³-hybridized carbons (Fsp3) is 0.500. The molecule has 0 aliphatic carbocycles. The topological polar surface area (TPSA) is 60.9 Å². The molecule has 8 heteroatoms. The van der Waals surface area contributed by atoms with Crippen LogP contribution in [-0.4, -0.2) is 74.2 Å². The molecule has 3 heterocycles. The number of hydrogen-bond acceptors (Lipinski definition) is 5. The molecule has 0 spiro atoms. The molecular weight excluding hydrogens is 418 g/mol. The second-order valence-corrected chi connectivity index (χ2v) is 11.0. The van der Waals surface area contributed by atoms with Crippen molar-refractivity contribution in [3.05, 3.63) is 52.7 Å². The maximum atomic E-state index is 13.0. The van der Waals surface area contributed by atoms with Crippen molar-refractivity contribution in [2.75, 3.05) is 45.8 Å². The molecule has 2 fully saturated rings. The average molecular weight is 448 g/mol. The maximum absolute atomic E-state index is 13.0. The van der Waals surface area contributed by atoms with Crippen molar-refractivity contribution in [3.63, 3.8) is 0 Å². The van der Waals surface area contributed by atoms with Gasteiger partial charge in [0.15, 0.2) is 0 Å². The number of amides is 1. The molecular formula is C22H29N3O3S2. The predicted octanol–water partition coefficient (Wildman–Crippen LogP) is 2.54. The highest BCUT2D eigenvalue weighted by Gasteiger charge is 2.34. The number of sulfonamides is 1. The summed E-state index contributed by atoms with van der Waals surface area (Å²) in [4.78, 5) is 19.1. The molecule has 0 atom stereocenters. The monoisotopic (exact) mass is 447 g/mol. The van der Waals surface area contributed by atoms with Crippen LogP contribution in [0.15, 0.2) is 52.7 Å². The first-order chi connectivity index (χ1) is 14.5. The van der Waals surface area contributed by atoms with E-state index in [9.17, 15) is 13.2 Å². The van der Waals surface area contributed by atoms with Gasteiger partial charge in [-0.1, -0.05) is 24.3 Å². The van der Waals surface area contributed by atoms with Crippen LogP contribution < -0.4 is 0 Å². The number of carbonyl (C=O) groups excluding carboxylic acids is 1. The van der Waals surface area contributed by atoms with Gasteiger partial charge in [-0.05, 0) is 42.8 Å². The average Bonchev–Trinajstić information content (AvgIpc) is 3.32. The molecule has 1 aromatic carbocycles. The molecule has 0 saturated carbocycles. The van der Waals surface area contributed by atoms with E-state index in [2.05, 4.69) is 22.4 Å². The molecule has 1 aromatic heterocycles. The van der Waals surface area contributed by atoms with Gasteiger partial charge in [-0.15, -0.1) is 11.3 Å². The number of thiophene rings is 1. The van der Waals surface area contributed by atoms with E-state index in [1.54, 1.807) is 35.6 Å². The summed E-state index contributed by atoms with van der Waals surface area (Å²) in [7, 11) is -3.47. The molecule has 30 heavy (non-hydrogen) atoms. The Labute approximate surface area is 183 Å². The lowest BCUT2D eigenvalue weighted by molar-refractivity contribution is -0.138. The number of carbonyl (C=O) groups is 1. The summed E-state index contributed by atoms with van der Waals surface area (Å²) < 4.78 is 27.1. The van der Waals surface area contributed by atoms with Gasteiger partial charge >= 0.3 is 0 Å². The number of piperidine rings is 1. The molecule has 162 valence electrons. The first-order valence-electron chi connectivity index (χ1n) is 10.6. The summed E-state index contributed by atoms with van der Waals surface area (Å²) in [5.41, 5.74) is 0. The number of nitrogens with zero attached hydrogens (tertiary/aromatic N) is 3. The third-order valence-corrected chi connectivity index (χ3v) is 8.97. The van der Waals surface area contributed by atoms with Crippen molar-refractivity contribution in [2.24, 2.45) is 5.92 Å². The third-order valence-electron chi connectivity index (χ3n) is 6.12. The Morgan fingerprint density at radius 1 is 0.933 bits per heavy atom. The van der Waals surface area contributed by atoms with Crippen LogP contribution in [-0.2, 0) is 21.2 Å². The Morgan fingerprint density at radius 3 is 2.27 bits per heavy atom. The van der Waals surface area contributed by atoms with Crippen molar-refractivity contribution in [1.82, 2.24) is 14.1 Å². The molecule has 0 radical (unpaired) electrons. The van der Waals surface area contributed by atoms with Gasteiger partial charge in [0.05, 0.1) is 4.90 Å². The quantitative estimate of drug-likeness (QED) is 0.683. The molecule has 6 nitrogen and oxygen atoms in total. The molecule has 2 saturated heterocycles. The smallest absolute Gasteiger partial charge is 0.243 e. The van der Waals surface area contributed by atoms with Crippen LogP contribution >= 0.6 is 11.3 Å². The van der Waals surface area contributed by atoms with Gasteiger partial charge in [-0.3, -0.25) is 9.69 Å². The highest BCUT2D eigenvalue weighted by atomic mass is 32.2. The Morgan fingerprint density at radius 2 is 1.63 bits per heavy atom. The van der Waals surface area contributed by atoms with Crippen LogP contribution in [0.2, 0.25) is 0 Å². The van der Waals surface area contributed by atoms with Crippen LogP contribution in [0.1, 0.15) is 17.7 Å². The lowest BCUT2D eigenvalue weighted by Crippen LogP contribution is -2.52. The Balaban J connectivity index is 1.24. The number of piperazine rings is 1. The highest BCUT2D eigenvalue weighted by molar-refractivity contribution is 7.89. The van der Waals surface area contributed by atoms with Crippen LogP contribution in [0, 0.1) is 5.92 Å². The van der Waals surface area contributed by atoms with Gasteiger partial charge in [-0.25, -0.2) is 8.42 Å². The molecule has 1 amide bonds. The minimum Gasteiger partial charge on any atom is -0.340 e. The van der Waals surface area contributed by atoms with E-state index in [0.717, 1.165) is 39.1 Å². The highest BCUT2D eigenvalue weighted by Crippen LogP contribution is 2.25. The molecule has 0 bridgehead atoms. The van der Waals surface area contributed by atoms with E-state index in [0.29, 0.717) is 30.8 Å². The molecule has 2 aliphatic rings. The predicted molar refractivity (Wildman–Crippen MR) is 119 cm³/mol. The maximum Gasteiger partial charge on any atom is 0.243 e. The number of rotatable bonds is 6. The number of hydrogen-bond donors (Lipinski definition) is 0. The molecule has 2 aliphatic heterocycles. The van der Waals surface area contributed by atoms with Crippen molar-refractivity contribution in [1.29, 1.82) is 0 Å². The minimum absolute atomic E-state index is 0.0649. The van der Waals surface area contributed by atoms with E-state index in [1.807, 2.05) is 11.0 Å².